The maximum atomic E-state index is 5.99. The molecule has 1 heterocycles. The molecule has 2 N–H and O–H groups in total. The van der Waals surface area contributed by atoms with Crippen LogP contribution < -0.4 is 5.73 Å². The van der Waals surface area contributed by atoms with Crippen LogP contribution in [0.15, 0.2) is 0 Å². The topological polar surface area (TPSA) is 29.3 Å². The normalized spacial score (nSPS) is 42.0. The largest absolute Gasteiger partial charge is 0.326 e. The highest BCUT2D eigenvalue weighted by Gasteiger charge is 2.36. The van der Waals surface area contributed by atoms with Crippen molar-refractivity contribution in [2.24, 2.45) is 17.1 Å². The molecule has 0 spiro atoms. The number of hydrogen-bond donors (Lipinski definition) is 1. The predicted octanol–water partition coefficient (Wildman–Crippen LogP) is 2.23. The summed E-state index contributed by atoms with van der Waals surface area (Å²) in [6.07, 6.45) is 5.34. The van der Waals surface area contributed by atoms with Crippen LogP contribution in [0.25, 0.3) is 0 Å². The summed E-state index contributed by atoms with van der Waals surface area (Å²) in [5.74, 6) is 0.885. The molecule has 2 fully saturated rings. The molecule has 15 heavy (non-hydrogen) atoms. The van der Waals surface area contributed by atoms with Crippen LogP contribution in [0, 0.1) is 11.3 Å². The lowest BCUT2D eigenvalue weighted by Crippen LogP contribution is -2.43. The number of nitrogens with zero attached hydrogens (tertiary/aromatic N) is 1. The minimum Gasteiger partial charge on any atom is -0.326 e. The molecular formula is C13H26N2. The number of likely N-dealkylation sites (tertiary alicyclic amines) is 1. The second kappa shape index (κ2) is 4.06. The van der Waals surface area contributed by atoms with Gasteiger partial charge in [-0.1, -0.05) is 20.8 Å². The molecule has 1 aliphatic heterocycles. The van der Waals surface area contributed by atoms with E-state index in [1.807, 2.05) is 0 Å². The Labute approximate surface area is 94.2 Å². The van der Waals surface area contributed by atoms with E-state index in [1.54, 1.807) is 0 Å². The molecule has 0 bridgehead atoms. The summed E-state index contributed by atoms with van der Waals surface area (Å²) in [4.78, 5) is 2.64. The smallest absolute Gasteiger partial charge is 0.0180 e. The first-order valence-electron chi connectivity index (χ1n) is 6.46. The van der Waals surface area contributed by atoms with Crippen LogP contribution in [0.5, 0.6) is 0 Å². The van der Waals surface area contributed by atoms with E-state index in [4.69, 9.17) is 5.73 Å². The average molecular weight is 210 g/mol. The lowest BCUT2D eigenvalue weighted by molar-refractivity contribution is 0.0812. The van der Waals surface area contributed by atoms with Gasteiger partial charge in [-0.3, -0.25) is 4.90 Å². The number of rotatable bonds is 1. The molecule has 0 unspecified atom stereocenters. The fraction of sp³-hybridized carbons (Fsp3) is 1.00. The Morgan fingerprint density at radius 3 is 2.53 bits per heavy atom. The first-order valence-corrected chi connectivity index (χ1v) is 6.46. The monoisotopic (exact) mass is 210 g/mol. The van der Waals surface area contributed by atoms with Crippen molar-refractivity contribution < 1.29 is 0 Å². The van der Waals surface area contributed by atoms with E-state index < -0.39 is 0 Å². The zero-order valence-electron chi connectivity index (χ0n) is 10.5. The van der Waals surface area contributed by atoms with Crippen LogP contribution in [0.4, 0.5) is 0 Å². The highest BCUT2D eigenvalue weighted by molar-refractivity contribution is 4.91. The summed E-state index contributed by atoms with van der Waals surface area (Å²) in [6, 6.07) is 1.24. The lowest BCUT2D eigenvalue weighted by Gasteiger charge is -2.42. The van der Waals surface area contributed by atoms with Gasteiger partial charge in [0.15, 0.2) is 0 Å². The third-order valence-electron chi connectivity index (χ3n) is 4.14. The maximum absolute atomic E-state index is 5.99. The van der Waals surface area contributed by atoms with Crippen LogP contribution in [-0.4, -0.2) is 30.1 Å². The molecular weight excluding hydrogens is 184 g/mol. The van der Waals surface area contributed by atoms with Crippen molar-refractivity contribution in [1.29, 1.82) is 0 Å². The fourth-order valence-corrected chi connectivity index (χ4v) is 3.72. The summed E-state index contributed by atoms with van der Waals surface area (Å²) in [6.45, 7) is 9.61. The van der Waals surface area contributed by atoms with Crippen molar-refractivity contribution in [3.05, 3.63) is 0 Å². The Morgan fingerprint density at radius 2 is 2.00 bits per heavy atom. The van der Waals surface area contributed by atoms with E-state index >= 15 is 0 Å². The van der Waals surface area contributed by atoms with Crippen molar-refractivity contribution in [3.8, 4) is 0 Å². The van der Waals surface area contributed by atoms with E-state index in [0.717, 1.165) is 18.5 Å². The highest BCUT2D eigenvalue weighted by Crippen LogP contribution is 2.40. The van der Waals surface area contributed by atoms with Gasteiger partial charge in [-0.25, -0.2) is 0 Å². The Morgan fingerprint density at radius 1 is 1.27 bits per heavy atom. The van der Waals surface area contributed by atoms with E-state index in [0.29, 0.717) is 11.5 Å². The van der Waals surface area contributed by atoms with Gasteiger partial charge in [-0.15, -0.1) is 0 Å². The molecule has 0 amide bonds. The van der Waals surface area contributed by atoms with Crippen LogP contribution >= 0.6 is 0 Å². The van der Waals surface area contributed by atoms with Gasteiger partial charge in [-0.05, 0) is 37.0 Å². The van der Waals surface area contributed by atoms with Crippen molar-refractivity contribution in [3.63, 3.8) is 0 Å². The van der Waals surface area contributed by atoms with Crippen LogP contribution in [-0.2, 0) is 0 Å². The molecule has 2 nitrogen and oxygen atoms in total. The summed E-state index contributed by atoms with van der Waals surface area (Å²) in [5, 5.41) is 0. The standard InChI is InChI=1S/C13H26N2/c1-10-6-12(8-13(2,3)7-10)15-5-4-11(14)9-15/h10-12H,4-9,14H2,1-3H3/t10-,11-,12-/m1/s1. The molecule has 1 aliphatic carbocycles. The van der Waals surface area contributed by atoms with Gasteiger partial charge in [0.25, 0.3) is 0 Å². The van der Waals surface area contributed by atoms with Crippen LogP contribution in [0.2, 0.25) is 0 Å². The Hall–Kier alpha value is -0.0800. The molecule has 2 rings (SSSR count). The third kappa shape index (κ3) is 2.73. The predicted molar refractivity (Wildman–Crippen MR) is 64.7 cm³/mol. The summed E-state index contributed by atoms with van der Waals surface area (Å²) in [7, 11) is 0. The van der Waals surface area contributed by atoms with Crippen molar-refractivity contribution in [2.45, 2.75) is 58.5 Å². The SMILES string of the molecule is C[C@@H]1C[C@@H](N2CC[C@@H](N)C2)CC(C)(C)C1. The van der Waals surface area contributed by atoms with Crippen LogP contribution in [0.3, 0.4) is 0 Å². The average Bonchev–Trinajstić information content (AvgIpc) is 2.48. The molecule has 1 saturated carbocycles. The van der Waals surface area contributed by atoms with Gasteiger partial charge in [0, 0.05) is 25.2 Å². The summed E-state index contributed by atoms with van der Waals surface area (Å²) >= 11 is 0. The molecule has 2 heteroatoms. The fourth-order valence-electron chi connectivity index (χ4n) is 3.72. The minimum atomic E-state index is 0.436. The first-order chi connectivity index (χ1) is 6.96. The zero-order chi connectivity index (χ0) is 11.1. The van der Waals surface area contributed by atoms with E-state index in [1.165, 1.54) is 32.2 Å². The minimum absolute atomic E-state index is 0.436. The van der Waals surface area contributed by atoms with Crippen molar-refractivity contribution in [1.82, 2.24) is 4.90 Å². The van der Waals surface area contributed by atoms with Gasteiger partial charge >= 0.3 is 0 Å². The summed E-state index contributed by atoms with van der Waals surface area (Å²) in [5.41, 5.74) is 6.53. The second-order valence-electron chi connectivity index (χ2n) is 6.61. The Kier molecular flexibility index (Phi) is 3.09. The van der Waals surface area contributed by atoms with E-state index in [9.17, 15) is 0 Å². The molecule has 0 radical (unpaired) electrons. The van der Waals surface area contributed by atoms with Gasteiger partial charge in [0.05, 0.1) is 0 Å². The van der Waals surface area contributed by atoms with Crippen molar-refractivity contribution in [2.75, 3.05) is 13.1 Å². The molecule has 0 aromatic carbocycles. The van der Waals surface area contributed by atoms with Gasteiger partial charge < -0.3 is 5.73 Å². The van der Waals surface area contributed by atoms with Crippen molar-refractivity contribution >= 4 is 0 Å². The van der Waals surface area contributed by atoms with Crippen LogP contribution in [0.1, 0.15) is 46.5 Å². The number of nitrogens with two attached hydrogens (primary N) is 1. The molecule has 0 aromatic heterocycles. The molecule has 0 aromatic rings. The zero-order valence-corrected chi connectivity index (χ0v) is 10.5. The molecule has 1 saturated heterocycles. The quantitative estimate of drug-likeness (QED) is 0.719. The van der Waals surface area contributed by atoms with Gasteiger partial charge in [-0.2, -0.15) is 0 Å². The Balaban J connectivity index is 1.97. The second-order valence-corrected chi connectivity index (χ2v) is 6.61. The highest BCUT2D eigenvalue weighted by atomic mass is 15.2. The van der Waals surface area contributed by atoms with Gasteiger partial charge in [0.1, 0.15) is 0 Å². The molecule has 88 valence electrons. The lowest BCUT2D eigenvalue weighted by atomic mass is 9.70. The maximum Gasteiger partial charge on any atom is 0.0180 e. The third-order valence-corrected chi connectivity index (χ3v) is 4.14. The molecule has 2 aliphatic rings. The van der Waals surface area contributed by atoms with E-state index in [2.05, 4.69) is 25.7 Å². The van der Waals surface area contributed by atoms with E-state index in [-0.39, 0.29) is 0 Å². The molecule has 3 atom stereocenters. The summed E-state index contributed by atoms with van der Waals surface area (Å²) < 4.78 is 0. The first kappa shape index (κ1) is 11.4. The Bertz CT molecular complexity index is 225. The van der Waals surface area contributed by atoms with Gasteiger partial charge in [0.2, 0.25) is 0 Å². The number of hydrogen-bond acceptors (Lipinski definition) is 2.